The lowest BCUT2D eigenvalue weighted by atomic mass is 9.96. The van der Waals surface area contributed by atoms with Crippen molar-refractivity contribution in [2.45, 2.75) is 38.3 Å². The number of hydrogen-bond donors (Lipinski definition) is 2. The van der Waals surface area contributed by atoms with Gasteiger partial charge in [0.1, 0.15) is 5.78 Å². The minimum Gasteiger partial charge on any atom is -0.389 e. The van der Waals surface area contributed by atoms with Gasteiger partial charge in [0.05, 0.1) is 6.10 Å². The van der Waals surface area contributed by atoms with Crippen molar-refractivity contribution in [3.63, 3.8) is 0 Å². The summed E-state index contributed by atoms with van der Waals surface area (Å²) in [7, 11) is 0. The van der Waals surface area contributed by atoms with Crippen molar-refractivity contribution in [3.05, 3.63) is 12.7 Å². The number of rotatable bonds is 5. The SMILES string of the molecule is C=CC(O)CC(=O)CC(C)(C)N. The molecule has 3 nitrogen and oxygen atoms in total. The van der Waals surface area contributed by atoms with Crippen molar-refractivity contribution in [2.75, 3.05) is 0 Å². The van der Waals surface area contributed by atoms with E-state index < -0.39 is 11.6 Å². The number of hydrogen-bond acceptors (Lipinski definition) is 3. The second kappa shape index (κ2) is 4.38. The molecule has 1 atom stereocenters. The fourth-order valence-electron chi connectivity index (χ4n) is 0.897. The Morgan fingerprint density at radius 1 is 1.75 bits per heavy atom. The molecule has 0 rings (SSSR count). The van der Waals surface area contributed by atoms with Gasteiger partial charge in [-0.25, -0.2) is 0 Å². The summed E-state index contributed by atoms with van der Waals surface area (Å²) in [6, 6.07) is 0. The fourth-order valence-corrected chi connectivity index (χ4v) is 0.897. The van der Waals surface area contributed by atoms with Gasteiger partial charge in [-0.15, -0.1) is 6.58 Å². The first-order valence-corrected chi connectivity index (χ1v) is 3.96. The van der Waals surface area contributed by atoms with Crippen molar-refractivity contribution in [3.8, 4) is 0 Å². The Labute approximate surface area is 73.3 Å². The van der Waals surface area contributed by atoms with Crippen LogP contribution in [0.5, 0.6) is 0 Å². The maximum absolute atomic E-state index is 11.1. The van der Waals surface area contributed by atoms with E-state index in [9.17, 15) is 4.79 Å². The van der Waals surface area contributed by atoms with E-state index in [0.29, 0.717) is 0 Å². The molecular formula is C9H17NO2. The van der Waals surface area contributed by atoms with E-state index in [1.54, 1.807) is 13.8 Å². The van der Waals surface area contributed by atoms with Crippen LogP contribution in [0.25, 0.3) is 0 Å². The van der Waals surface area contributed by atoms with Crippen molar-refractivity contribution in [2.24, 2.45) is 5.73 Å². The fraction of sp³-hybridized carbons (Fsp3) is 0.667. The third-order valence-electron chi connectivity index (χ3n) is 1.36. The Hall–Kier alpha value is -0.670. The zero-order valence-corrected chi connectivity index (χ0v) is 7.71. The Kier molecular flexibility index (Phi) is 4.13. The second-order valence-electron chi connectivity index (χ2n) is 3.71. The van der Waals surface area contributed by atoms with Gasteiger partial charge < -0.3 is 10.8 Å². The molecule has 0 saturated carbocycles. The maximum atomic E-state index is 11.1. The molecule has 0 radical (unpaired) electrons. The molecule has 0 aliphatic heterocycles. The second-order valence-corrected chi connectivity index (χ2v) is 3.71. The molecule has 0 saturated heterocycles. The molecular weight excluding hydrogens is 154 g/mol. The maximum Gasteiger partial charge on any atom is 0.137 e. The number of aliphatic hydroxyl groups excluding tert-OH is 1. The standard InChI is InChI=1S/C9H17NO2/c1-4-7(11)5-8(12)6-9(2,3)10/h4,7,11H,1,5-6,10H2,2-3H3. The summed E-state index contributed by atoms with van der Waals surface area (Å²) in [5.74, 6) is -0.0325. The van der Waals surface area contributed by atoms with E-state index >= 15 is 0 Å². The molecule has 0 fully saturated rings. The molecule has 0 aromatic rings. The predicted octanol–water partition coefficient (Wildman–Crippen LogP) is 0.620. The van der Waals surface area contributed by atoms with Crippen LogP contribution < -0.4 is 5.73 Å². The number of nitrogens with two attached hydrogens (primary N) is 1. The van der Waals surface area contributed by atoms with Crippen LogP contribution in [-0.4, -0.2) is 22.5 Å². The normalized spacial score (nSPS) is 14.0. The van der Waals surface area contributed by atoms with Gasteiger partial charge in [-0.3, -0.25) is 4.79 Å². The van der Waals surface area contributed by atoms with Gasteiger partial charge in [0.2, 0.25) is 0 Å². The molecule has 1 unspecified atom stereocenters. The summed E-state index contributed by atoms with van der Waals surface area (Å²) in [6.45, 7) is 6.94. The van der Waals surface area contributed by atoms with Gasteiger partial charge in [-0.1, -0.05) is 6.08 Å². The zero-order valence-electron chi connectivity index (χ0n) is 7.71. The van der Waals surface area contributed by atoms with Crippen LogP contribution in [0.4, 0.5) is 0 Å². The number of carbonyl (C=O) groups is 1. The number of Topliss-reactive ketones (excluding diaryl/α,β-unsaturated/α-hetero) is 1. The van der Waals surface area contributed by atoms with Crippen LogP contribution in [0.2, 0.25) is 0 Å². The highest BCUT2D eigenvalue weighted by Gasteiger charge is 2.17. The van der Waals surface area contributed by atoms with E-state index in [1.807, 2.05) is 0 Å². The zero-order chi connectivity index (χ0) is 9.78. The van der Waals surface area contributed by atoms with E-state index in [0.717, 1.165) is 0 Å². The Balaban J connectivity index is 3.82. The summed E-state index contributed by atoms with van der Waals surface area (Å²) in [5, 5.41) is 9.05. The van der Waals surface area contributed by atoms with Gasteiger partial charge in [0.25, 0.3) is 0 Å². The van der Waals surface area contributed by atoms with Crippen molar-refractivity contribution >= 4 is 5.78 Å². The lowest BCUT2D eigenvalue weighted by Gasteiger charge is -2.17. The van der Waals surface area contributed by atoms with Crippen LogP contribution in [-0.2, 0) is 4.79 Å². The quantitative estimate of drug-likeness (QED) is 0.596. The minimum absolute atomic E-state index is 0.0325. The van der Waals surface area contributed by atoms with Crippen LogP contribution in [0.15, 0.2) is 12.7 Å². The van der Waals surface area contributed by atoms with E-state index in [1.165, 1.54) is 6.08 Å². The third-order valence-corrected chi connectivity index (χ3v) is 1.36. The third kappa shape index (κ3) is 6.07. The Morgan fingerprint density at radius 2 is 2.25 bits per heavy atom. The molecule has 3 N–H and O–H groups in total. The largest absolute Gasteiger partial charge is 0.389 e. The molecule has 0 aliphatic rings. The highest BCUT2D eigenvalue weighted by molar-refractivity contribution is 5.80. The number of aliphatic hydroxyl groups is 1. The van der Waals surface area contributed by atoms with Crippen LogP contribution in [0.3, 0.4) is 0 Å². The summed E-state index contributed by atoms with van der Waals surface area (Å²) < 4.78 is 0. The Bertz CT molecular complexity index is 170. The molecule has 12 heavy (non-hydrogen) atoms. The molecule has 0 aromatic heterocycles. The minimum atomic E-state index is -0.736. The lowest BCUT2D eigenvalue weighted by Crippen LogP contribution is -2.35. The summed E-state index contributed by atoms with van der Waals surface area (Å²) >= 11 is 0. The molecule has 0 aliphatic carbocycles. The molecule has 70 valence electrons. The van der Waals surface area contributed by atoms with Gasteiger partial charge in [0, 0.05) is 18.4 Å². The molecule has 0 spiro atoms. The average Bonchev–Trinajstić information content (AvgIpc) is 1.82. The van der Waals surface area contributed by atoms with Gasteiger partial charge in [-0.2, -0.15) is 0 Å². The highest BCUT2D eigenvalue weighted by Crippen LogP contribution is 2.07. The molecule has 0 heterocycles. The van der Waals surface area contributed by atoms with Crippen LogP contribution in [0, 0.1) is 0 Å². The topological polar surface area (TPSA) is 63.3 Å². The molecule has 3 heteroatoms. The van der Waals surface area contributed by atoms with Crippen LogP contribution in [0.1, 0.15) is 26.7 Å². The van der Waals surface area contributed by atoms with E-state index in [2.05, 4.69) is 6.58 Å². The smallest absolute Gasteiger partial charge is 0.137 e. The molecule has 0 bridgehead atoms. The first kappa shape index (κ1) is 11.3. The van der Waals surface area contributed by atoms with Crippen molar-refractivity contribution in [1.29, 1.82) is 0 Å². The highest BCUT2D eigenvalue weighted by atomic mass is 16.3. The Morgan fingerprint density at radius 3 is 2.58 bits per heavy atom. The van der Waals surface area contributed by atoms with Gasteiger partial charge in [0.15, 0.2) is 0 Å². The van der Waals surface area contributed by atoms with E-state index in [-0.39, 0.29) is 18.6 Å². The summed E-state index contributed by atoms with van der Waals surface area (Å²) in [5.41, 5.74) is 5.14. The monoisotopic (exact) mass is 171 g/mol. The molecule has 0 aromatic carbocycles. The summed E-state index contributed by atoms with van der Waals surface area (Å²) in [4.78, 5) is 11.1. The predicted molar refractivity (Wildman–Crippen MR) is 48.7 cm³/mol. The number of carbonyl (C=O) groups excluding carboxylic acids is 1. The lowest BCUT2D eigenvalue weighted by molar-refractivity contribution is -0.121. The van der Waals surface area contributed by atoms with Crippen molar-refractivity contribution < 1.29 is 9.90 Å². The first-order valence-electron chi connectivity index (χ1n) is 3.96. The first-order chi connectivity index (χ1) is 5.35. The molecule has 0 amide bonds. The van der Waals surface area contributed by atoms with Gasteiger partial charge in [-0.05, 0) is 13.8 Å². The summed E-state index contributed by atoms with van der Waals surface area (Å²) in [6.07, 6.45) is 1.02. The average molecular weight is 171 g/mol. The van der Waals surface area contributed by atoms with E-state index in [4.69, 9.17) is 10.8 Å². The van der Waals surface area contributed by atoms with Gasteiger partial charge >= 0.3 is 0 Å². The number of ketones is 1. The van der Waals surface area contributed by atoms with Crippen LogP contribution >= 0.6 is 0 Å². The van der Waals surface area contributed by atoms with Crippen molar-refractivity contribution in [1.82, 2.24) is 0 Å².